The number of piperazine rings is 1. The van der Waals surface area contributed by atoms with Gasteiger partial charge in [-0.05, 0) is 11.6 Å². The van der Waals surface area contributed by atoms with E-state index in [1.807, 2.05) is 24.3 Å². The Morgan fingerprint density at radius 1 is 1.32 bits per heavy atom. The Kier molecular flexibility index (Phi) is 3.70. The number of nitrogens with one attached hydrogen (secondary N) is 1. The third-order valence-corrected chi connectivity index (χ3v) is 4.12. The maximum Gasteiger partial charge on any atom is 0.242 e. The topological polar surface area (TPSA) is 95.7 Å². The molecule has 7 nitrogen and oxygen atoms in total. The van der Waals surface area contributed by atoms with Gasteiger partial charge in [-0.25, -0.2) is 0 Å². The second kappa shape index (κ2) is 5.67. The fourth-order valence-corrected chi connectivity index (χ4v) is 3.00. The van der Waals surface area contributed by atoms with Gasteiger partial charge in [-0.2, -0.15) is 0 Å². The number of nitrogens with two attached hydrogens (primary N) is 1. The van der Waals surface area contributed by atoms with E-state index in [-0.39, 0.29) is 24.9 Å². The van der Waals surface area contributed by atoms with E-state index in [1.165, 1.54) is 4.90 Å². The molecule has 0 unspecified atom stereocenters. The number of rotatable bonds is 3. The molecule has 3 N–H and O–H groups in total. The summed E-state index contributed by atoms with van der Waals surface area (Å²) in [6.45, 7) is 1.06. The van der Waals surface area contributed by atoms with Crippen LogP contribution in [0.5, 0.6) is 0 Å². The van der Waals surface area contributed by atoms with Crippen LogP contribution in [0.25, 0.3) is 0 Å². The molecular formula is C15H18N4O3. The number of nitrogens with zero attached hydrogens (tertiary/aromatic N) is 2. The van der Waals surface area contributed by atoms with Crippen molar-refractivity contribution in [1.82, 2.24) is 10.2 Å². The highest BCUT2D eigenvalue weighted by atomic mass is 16.2. The standard InChI is InChI=1S/C15H18N4O3/c16-15(22)12-7-10-3-1-2-4-11(10)19(12)9-14(21)18-6-5-17-13(20)8-18/h1-4,12H,5-9H2,(H2,16,22)(H,17,20)/t12-/m0/s1. The first-order chi connectivity index (χ1) is 10.6. The van der Waals surface area contributed by atoms with Crippen LogP contribution < -0.4 is 16.0 Å². The molecule has 0 aliphatic carbocycles. The minimum Gasteiger partial charge on any atom is -0.368 e. The van der Waals surface area contributed by atoms with Crippen molar-refractivity contribution < 1.29 is 14.4 Å². The summed E-state index contributed by atoms with van der Waals surface area (Å²) in [5.41, 5.74) is 7.35. The van der Waals surface area contributed by atoms with Crippen molar-refractivity contribution in [2.24, 2.45) is 5.73 Å². The van der Waals surface area contributed by atoms with Crippen LogP contribution in [0.2, 0.25) is 0 Å². The van der Waals surface area contributed by atoms with Gasteiger partial charge in [0.1, 0.15) is 6.04 Å². The van der Waals surface area contributed by atoms with Crippen LogP contribution in [0.4, 0.5) is 5.69 Å². The fourth-order valence-electron chi connectivity index (χ4n) is 3.00. The van der Waals surface area contributed by atoms with Gasteiger partial charge < -0.3 is 20.9 Å². The van der Waals surface area contributed by atoms with Gasteiger partial charge in [-0.3, -0.25) is 14.4 Å². The SMILES string of the molecule is NC(=O)[C@@H]1Cc2ccccc2N1CC(=O)N1CCNC(=O)C1. The Morgan fingerprint density at radius 3 is 2.82 bits per heavy atom. The normalized spacial score (nSPS) is 20.5. The third-order valence-electron chi connectivity index (χ3n) is 4.12. The van der Waals surface area contributed by atoms with E-state index in [2.05, 4.69) is 5.32 Å². The number of primary amides is 1. The second-order valence-electron chi connectivity index (χ2n) is 5.54. The number of carbonyl (C=O) groups is 3. The van der Waals surface area contributed by atoms with Gasteiger partial charge in [0.05, 0.1) is 13.1 Å². The molecule has 2 heterocycles. The van der Waals surface area contributed by atoms with Crippen molar-refractivity contribution >= 4 is 23.4 Å². The minimum atomic E-state index is -0.514. The number of fused-ring (bicyclic) bond motifs is 1. The Balaban J connectivity index is 1.78. The number of amides is 3. The van der Waals surface area contributed by atoms with Crippen molar-refractivity contribution in [2.45, 2.75) is 12.5 Å². The van der Waals surface area contributed by atoms with Crippen LogP contribution in [0.15, 0.2) is 24.3 Å². The van der Waals surface area contributed by atoms with E-state index in [0.29, 0.717) is 19.5 Å². The molecule has 0 saturated carbocycles. The Bertz CT molecular complexity index is 631. The van der Waals surface area contributed by atoms with Gasteiger partial charge in [-0.1, -0.05) is 18.2 Å². The molecule has 0 radical (unpaired) electrons. The Morgan fingerprint density at radius 2 is 2.09 bits per heavy atom. The molecule has 7 heteroatoms. The average Bonchev–Trinajstić information content (AvgIpc) is 2.86. The predicted octanol–water partition coefficient (Wildman–Crippen LogP) is -1.14. The molecule has 0 aromatic heterocycles. The van der Waals surface area contributed by atoms with Gasteiger partial charge in [0.2, 0.25) is 17.7 Å². The molecule has 1 aromatic rings. The van der Waals surface area contributed by atoms with Crippen LogP contribution in [0, 0.1) is 0 Å². The summed E-state index contributed by atoms with van der Waals surface area (Å²) >= 11 is 0. The molecule has 1 fully saturated rings. The molecule has 22 heavy (non-hydrogen) atoms. The molecule has 3 amide bonds. The second-order valence-corrected chi connectivity index (χ2v) is 5.54. The van der Waals surface area contributed by atoms with Crippen LogP contribution >= 0.6 is 0 Å². The zero-order valence-electron chi connectivity index (χ0n) is 12.1. The number of carbonyl (C=O) groups excluding carboxylic acids is 3. The lowest BCUT2D eigenvalue weighted by Gasteiger charge is -2.31. The van der Waals surface area contributed by atoms with Crippen LogP contribution in [0.3, 0.4) is 0 Å². The fraction of sp³-hybridized carbons (Fsp3) is 0.400. The summed E-state index contributed by atoms with van der Waals surface area (Å²) in [6, 6.07) is 7.07. The molecule has 3 rings (SSSR count). The molecule has 2 aliphatic rings. The summed E-state index contributed by atoms with van der Waals surface area (Å²) in [7, 11) is 0. The lowest BCUT2D eigenvalue weighted by atomic mass is 10.1. The molecule has 1 saturated heterocycles. The molecule has 1 aromatic carbocycles. The summed E-state index contributed by atoms with van der Waals surface area (Å²) in [4.78, 5) is 38.8. The number of para-hydroxylation sites is 1. The highest BCUT2D eigenvalue weighted by Crippen LogP contribution is 2.31. The highest BCUT2D eigenvalue weighted by Gasteiger charge is 2.35. The van der Waals surface area contributed by atoms with Gasteiger partial charge >= 0.3 is 0 Å². The Labute approximate surface area is 128 Å². The maximum atomic E-state index is 12.4. The van der Waals surface area contributed by atoms with Crippen LogP contribution in [-0.4, -0.2) is 54.8 Å². The third kappa shape index (κ3) is 2.61. The van der Waals surface area contributed by atoms with Gasteiger partial charge in [0, 0.05) is 25.2 Å². The van der Waals surface area contributed by atoms with Gasteiger partial charge in [-0.15, -0.1) is 0 Å². The van der Waals surface area contributed by atoms with Crippen molar-refractivity contribution in [3.8, 4) is 0 Å². The highest BCUT2D eigenvalue weighted by molar-refractivity contribution is 5.92. The number of benzene rings is 1. The van der Waals surface area contributed by atoms with E-state index in [1.54, 1.807) is 4.90 Å². The van der Waals surface area contributed by atoms with E-state index in [4.69, 9.17) is 5.73 Å². The number of hydrogen-bond donors (Lipinski definition) is 2. The largest absolute Gasteiger partial charge is 0.368 e. The lowest BCUT2D eigenvalue weighted by Crippen LogP contribution is -2.54. The summed E-state index contributed by atoms with van der Waals surface area (Å²) < 4.78 is 0. The summed E-state index contributed by atoms with van der Waals surface area (Å²) in [5, 5.41) is 2.68. The van der Waals surface area contributed by atoms with Crippen LogP contribution in [-0.2, 0) is 20.8 Å². The van der Waals surface area contributed by atoms with Crippen molar-refractivity contribution in [1.29, 1.82) is 0 Å². The van der Waals surface area contributed by atoms with Gasteiger partial charge in [0.15, 0.2) is 0 Å². The molecule has 0 spiro atoms. The van der Waals surface area contributed by atoms with Gasteiger partial charge in [0.25, 0.3) is 0 Å². The molecular weight excluding hydrogens is 284 g/mol. The predicted molar refractivity (Wildman–Crippen MR) is 80.1 cm³/mol. The first-order valence-corrected chi connectivity index (χ1v) is 7.24. The average molecular weight is 302 g/mol. The Hall–Kier alpha value is -2.57. The minimum absolute atomic E-state index is 0.0535. The molecule has 1 atom stereocenters. The molecule has 2 aliphatic heterocycles. The maximum absolute atomic E-state index is 12.4. The van der Waals surface area contributed by atoms with E-state index in [9.17, 15) is 14.4 Å². The molecule has 0 bridgehead atoms. The summed E-state index contributed by atoms with van der Waals surface area (Å²) in [6.07, 6.45) is 0.513. The smallest absolute Gasteiger partial charge is 0.242 e. The van der Waals surface area contributed by atoms with E-state index in [0.717, 1.165) is 11.3 Å². The number of anilines is 1. The first kappa shape index (κ1) is 14.4. The summed E-state index contributed by atoms with van der Waals surface area (Å²) in [5.74, 6) is -0.772. The zero-order valence-corrected chi connectivity index (χ0v) is 12.1. The quantitative estimate of drug-likeness (QED) is 0.738. The van der Waals surface area contributed by atoms with E-state index >= 15 is 0 Å². The lowest BCUT2D eigenvalue weighted by molar-refractivity contribution is -0.137. The first-order valence-electron chi connectivity index (χ1n) is 7.24. The zero-order chi connectivity index (χ0) is 15.7. The molecule has 116 valence electrons. The van der Waals surface area contributed by atoms with Crippen molar-refractivity contribution in [3.63, 3.8) is 0 Å². The van der Waals surface area contributed by atoms with Crippen LogP contribution in [0.1, 0.15) is 5.56 Å². The van der Waals surface area contributed by atoms with E-state index < -0.39 is 11.9 Å². The monoisotopic (exact) mass is 302 g/mol. The van der Waals surface area contributed by atoms with Crippen molar-refractivity contribution in [2.75, 3.05) is 31.1 Å². The van der Waals surface area contributed by atoms with Crippen molar-refractivity contribution in [3.05, 3.63) is 29.8 Å². The number of hydrogen-bond acceptors (Lipinski definition) is 4.